The minimum atomic E-state index is -0.199. The molecular formula is C18H21FN4O. The van der Waals surface area contributed by atoms with E-state index in [9.17, 15) is 9.18 Å². The topological polar surface area (TPSA) is 58.1 Å². The molecular weight excluding hydrogens is 307 g/mol. The maximum atomic E-state index is 13.8. The van der Waals surface area contributed by atoms with Crippen LogP contribution in [0.1, 0.15) is 29.5 Å². The van der Waals surface area contributed by atoms with E-state index in [1.54, 1.807) is 24.5 Å². The Labute approximate surface area is 140 Å². The summed E-state index contributed by atoms with van der Waals surface area (Å²) in [6, 6.07) is 6.80. The van der Waals surface area contributed by atoms with Gasteiger partial charge in [0.1, 0.15) is 11.6 Å². The van der Waals surface area contributed by atoms with E-state index in [1.165, 1.54) is 6.07 Å². The number of nitrogens with zero attached hydrogens (tertiary/aromatic N) is 3. The van der Waals surface area contributed by atoms with E-state index in [0.717, 1.165) is 31.8 Å². The number of nitrogens with one attached hydrogen (secondary N) is 1. The van der Waals surface area contributed by atoms with Crippen LogP contribution in [0.15, 0.2) is 36.7 Å². The van der Waals surface area contributed by atoms with Gasteiger partial charge in [0.05, 0.1) is 11.3 Å². The van der Waals surface area contributed by atoms with Crippen LogP contribution in [-0.4, -0.2) is 35.5 Å². The molecule has 24 heavy (non-hydrogen) atoms. The third-order valence-corrected chi connectivity index (χ3v) is 4.31. The van der Waals surface area contributed by atoms with E-state index in [1.807, 2.05) is 17.9 Å². The summed E-state index contributed by atoms with van der Waals surface area (Å²) in [5, 5.41) is 2.93. The Balaban J connectivity index is 1.52. The molecule has 6 heteroatoms. The Morgan fingerprint density at radius 2 is 2.08 bits per heavy atom. The van der Waals surface area contributed by atoms with E-state index in [-0.39, 0.29) is 11.7 Å². The second kappa shape index (κ2) is 7.38. The first kappa shape index (κ1) is 16.4. The number of aromatic nitrogens is 2. The van der Waals surface area contributed by atoms with Crippen molar-refractivity contribution in [3.8, 4) is 0 Å². The number of para-hydroxylation sites is 1. The van der Waals surface area contributed by atoms with Crippen LogP contribution >= 0.6 is 0 Å². The molecule has 1 unspecified atom stereocenters. The van der Waals surface area contributed by atoms with Crippen molar-refractivity contribution in [2.75, 3.05) is 24.5 Å². The first-order valence-corrected chi connectivity index (χ1v) is 8.26. The lowest BCUT2D eigenvalue weighted by Gasteiger charge is -2.19. The number of anilines is 1. The molecule has 2 aromatic rings. The molecule has 1 aromatic carbocycles. The molecule has 126 valence electrons. The highest BCUT2D eigenvalue weighted by atomic mass is 19.1. The quantitative estimate of drug-likeness (QED) is 0.916. The third-order valence-electron chi connectivity index (χ3n) is 4.31. The van der Waals surface area contributed by atoms with Crippen LogP contribution in [0.5, 0.6) is 0 Å². The molecule has 1 N–H and O–H groups in total. The Hall–Kier alpha value is -2.50. The Kier molecular flexibility index (Phi) is 5.03. The average molecular weight is 328 g/mol. The van der Waals surface area contributed by atoms with E-state index in [4.69, 9.17) is 0 Å². The van der Waals surface area contributed by atoms with Crippen molar-refractivity contribution in [3.63, 3.8) is 0 Å². The molecule has 0 bridgehead atoms. The predicted molar refractivity (Wildman–Crippen MR) is 90.5 cm³/mol. The van der Waals surface area contributed by atoms with Gasteiger partial charge in [-0.15, -0.1) is 0 Å². The van der Waals surface area contributed by atoms with Gasteiger partial charge in [-0.05, 0) is 24.5 Å². The van der Waals surface area contributed by atoms with Crippen molar-refractivity contribution in [1.29, 1.82) is 0 Å². The van der Waals surface area contributed by atoms with Gasteiger partial charge in [-0.1, -0.05) is 19.1 Å². The highest BCUT2D eigenvalue weighted by molar-refractivity contribution is 5.93. The van der Waals surface area contributed by atoms with Crippen LogP contribution in [0.3, 0.4) is 0 Å². The number of rotatable bonds is 5. The predicted octanol–water partition coefficient (Wildman–Crippen LogP) is 2.43. The van der Waals surface area contributed by atoms with Gasteiger partial charge in [-0.3, -0.25) is 4.79 Å². The van der Waals surface area contributed by atoms with Gasteiger partial charge in [0.15, 0.2) is 0 Å². The van der Waals surface area contributed by atoms with Crippen molar-refractivity contribution in [2.24, 2.45) is 5.92 Å². The molecule has 1 atom stereocenters. The van der Waals surface area contributed by atoms with E-state index < -0.39 is 0 Å². The van der Waals surface area contributed by atoms with Crippen molar-refractivity contribution in [1.82, 2.24) is 15.3 Å². The van der Waals surface area contributed by atoms with Crippen molar-refractivity contribution in [3.05, 3.63) is 53.9 Å². The summed E-state index contributed by atoms with van der Waals surface area (Å²) in [6.07, 6.45) is 4.79. The van der Waals surface area contributed by atoms with Crippen LogP contribution in [0.25, 0.3) is 0 Å². The molecule has 1 aliphatic heterocycles. The fraction of sp³-hybridized carbons (Fsp3) is 0.389. The number of hydrogen-bond acceptors (Lipinski definition) is 4. The normalized spacial score (nSPS) is 17.1. The summed E-state index contributed by atoms with van der Waals surface area (Å²) in [6.45, 7) is 4.08. The number of carbonyl (C=O) groups is 1. The molecule has 3 rings (SSSR count). The molecule has 0 radical (unpaired) electrons. The molecule has 1 aliphatic rings. The molecule has 0 spiro atoms. The highest BCUT2D eigenvalue weighted by Gasteiger charge is 2.24. The first-order chi connectivity index (χ1) is 11.7. The van der Waals surface area contributed by atoms with Gasteiger partial charge in [0, 0.05) is 38.4 Å². The molecule has 1 fully saturated rings. The van der Waals surface area contributed by atoms with Gasteiger partial charge in [-0.2, -0.15) is 0 Å². The first-order valence-electron chi connectivity index (χ1n) is 8.26. The number of hydrogen-bond donors (Lipinski definition) is 1. The zero-order valence-corrected chi connectivity index (χ0v) is 13.7. The molecule has 0 saturated carbocycles. The maximum Gasteiger partial charge on any atom is 0.254 e. The number of amides is 1. The van der Waals surface area contributed by atoms with Crippen LogP contribution < -0.4 is 10.2 Å². The van der Waals surface area contributed by atoms with Crippen LogP contribution in [-0.2, 0) is 6.42 Å². The lowest BCUT2D eigenvalue weighted by Crippen LogP contribution is -2.31. The Morgan fingerprint density at radius 3 is 2.79 bits per heavy atom. The summed E-state index contributed by atoms with van der Waals surface area (Å²) in [5.41, 5.74) is 1.10. The fourth-order valence-corrected chi connectivity index (χ4v) is 2.92. The number of carbonyl (C=O) groups excluding carboxylic acids is 1. The zero-order chi connectivity index (χ0) is 16.9. The summed E-state index contributed by atoms with van der Waals surface area (Å²) >= 11 is 0. The van der Waals surface area contributed by atoms with E-state index in [0.29, 0.717) is 23.7 Å². The lowest BCUT2D eigenvalue weighted by atomic mass is 10.1. The smallest absolute Gasteiger partial charge is 0.254 e. The van der Waals surface area contributed by atoms with Gasteiger partial charge in [-0.25, -0.2) is 14.4 Å². The zero-order valence-electron chi connectivity index (χ0n) is 13.7. The monoisotopic (exact) mass is 328 g/mol. The third kappa shape index (κ3) is 3.69. The Morgan fingerprint density at radius 1 is 1.33 bits per heavy atom. The minimum absolute atomic E-state index is 0.165. The molecule has 1 aromatic heterocycles. The van der Waals surface area contributed by atoms with Crippen molar-refractivity contribution < 1.29 is 9.18 Å². The lowest BCUT2D eigenvalue weighted by molar-refractivity contribution is 0.0947. The standard InChI is InChI=1S/C18H21FN4O/c1-2-17-20-10-14(11-21-17)18(24)22-9-13-7-8-23(12-13)16-6-4-3-5-15(16)19/h3-6,10-11,13H,2,7-9,12H2,1H3,(H,22,24). The van der Waals surface area contributed by atoms with E-state index >= 15 is 0 Å². The van der Waals surface area contributed by atoms with Crippen LogP contribution in [0.4, 0.5) is 10.1 Å². The molecule has 1 amide bonds. The second-order valence-electron chi connectivity index (χ2n) is 6.00. The second-order valence-corrected chi connectivity index (χ2v) is 6.00. The molecule has 0 aliphatic carbocycles. The van der Waals surface area contributed by atoms with Crippen LogP contribution in [0.2, 0.25) is 0 Å². The summed E-state index contributed by atoms with van der Waals surface area (Å²) in [4.78, 5) is 22.5. The van der Waals surface area contributed by atoms with Gasteiger partial charge in [0.2, 0.25) is 0 Å². The SMILES string of the molecule is CCc1ncc(C(=O)NCC2CCN(c3ccccc3F)C2)cn1. The van der Waals surface area contributed by atoms with Gasteiger partial charge < -0.3 is 10.2 Å². The minimum Gasteiger partial charge on any atom is -0.369 e. The summed E-state index contributed by atoms with van der Waals surface area (Å²) in [5.74, 6) is 0.671. The Bertz CT molecular complexity index is 704. The van der Waals surface area contributed by atoms with Crippen LogP contribution in [0, 0.1) is 11.7 Å². The van der Waals surface area contributed by atoms with Crippen molar-refractivity contribution in [2.45, 2.75) is 19.8 Å². The van der Waals surface area contributed by atoms with E-state index in [2.05, 4.69) is 15.3 Å². The highest BCUT2D eigenvalue weighted by Crippen LogP contribution is 2.25. The molecule has 1 saturated heterocycles. The van der Waals surface area contributed by atoms with Gasteiger partial charge >= 0.3 is 0 Å². The number of benzene rings is 1. The van der Waals surface area contributed by atoms with Gasteiger partial charge in [0.25, 0.3) is 5.91 Å². The summed E-state index contributed by atoms with van der Waals surface area (Å²) in [7, 11) is 0. The average Bonchev–Trinajstić information content (AvgIpc) is 3.09. The molecule has 5 nitrogen and oxygen atoms in total. The number of aryl methyl sites for hydroxylation is 1. The fourth-order valence-electron chi connectivity index (χ4n) is 2.92. The maximum absolute atomic E-state index is 13.8. The summed E-state index contributed by atoms with van der Waals surface area (Å²) < 4.78 is 13.8. The number of halogens is 1. The molecule has 2 heterocycles. The van der Waals surface area contributed by atoms with Crippen molar-refractivity contribution >= 4 is 11.6 Å². The largest absolute Gasteiger partial charge is 0.369 e.